The lowest BCUT2D eigenvalue weighted by atomic mass is 10.1. The maximum Gasteiger partial charge on any atom is 0.441 e. The molecule has 0 radical (unpaired) electrons. The summed E-state index contributed by atoms with van der Waals surface area (Å²) >= 11 is 0. The van der Waals surface area contributed by atoms with Gasteiger partial charge in [0.15, 0.2) is 5.71 Å². The Morgan fingerprint density at radius 3 is 1.89 bits per heavy atom. The Bertz CT molecular complexity index is 353. The topological polar surface area (TPSA) is 30.8 Å². The van der Waals surface area contributed by atoms with Crippen molar-refractivity contribution in [2.24, 2.45) is 4.99 Å². The first kappa shape index (κ1) is 17.9. The molecule has 0 bridgehead atoms. The van der Waals surface area contributed by atoms with Crippen LogP contribution in [0.25, 0.3) is 0 Å². The molecule has 0 N–H and O–H groups in total. The number of ether oxygens (including phenoxy) is 2. The minimum atomic E-state index is -4.58. The van der Waals surface area contributed by atoms with Crippen LogP contribution < -0.4 is 0 Å². The van der Waals surface area contributed by atoms with Crippen LogP contribution in [0.5, 0.6) is 0 Å². The zero-order valence-corrected chi connectivity index (χ0v) is 11.9. The molecule has 110 valence electrons. The van der Waals surface area contributed by atoms with Crippen molar-refractivity contribution < 1.29 is 22.6 Å². The van der Waals surface area contributed by atoms with Crippen molar-refractivity contribution in [2.75, 3.05) is 13.2 Å². The molecule has 0 aromatic heterocycles. The number of rotatable bonds is 4. The van der Waals surface area contributed by atoms with Crippen LogP contribution in [0, 0.1) is 11.8 Å². The maximum absolute atomic E-state index is 12.8. The first-order valence-corrected chi connectivity index (χ1v) is 6.02. The minimum absolute atomic E-state index is 0.303. The molecule has 0 aromatic carbocycles. The standard InChI is InChI=1S/C13H20F3NO2/c1-6-18-11(19-7-2)9-8-10(13(14,15)16)17-12(3,4)5/h11H,6-7H2,1-5H3. The Hall–Kier alpha value is -1.06. The third-order valence-electron chi connectivity index (χ3n) is 1.66. The third kappa shape index (κ3) is 8.62. The number of hydrogen-bond acceptors (Lipinski definition) is 3. The van der Waals surface area contributed by atoms with E-state index in [0.717, 1.165) is 0 Å². The molecule has 0 heterocycles. The number of aliphatic imine (C=N–C) groups is 1. The lowest BCUT2D eigenvalue weighted by Crippen LogP contribution is -2.26. The molecule has 6 heteroatoms. The molecule has 0 unspecified atom stereocenters. The van der Waals surface area contributed by atoms with Crippen LogP contribution in [0.15, 0.2) is 4.99 Å². The fourth-order valence-corrected chi connectivity index (χ4v) is 1.06. The smallest absolute Gasteiger partial charge is 0.342 e. The highest BCUT2D eigenvalue weighted by Gasteiger charge is 2.36. The second-order valence-electron chi connectivity index (χ2n) is 4.64. The van der Waals surface area contributed by atoms with E-state index >= 15 is 0 Å². The van der Waals surface area contributed by atoms with Gasteiger partial charge in [0.05, 0.1) is 5.54 Å². The van der Waals surface area contributed by atoms with E-state index in [0.29, 0.717) is 13.2 Å². The van der Waals surface area contributed by atoms with Gasteiger partial charge in [0.1, 0.15) is 0 Å². The predicted octanol–water partition coefficient (Wildman–Crippen LogP) is 3.19. The van der Waals surface area contributed by atoms with E-state index < -0.39 is 23.7 Å². The monoisotopic (exact) mass is 279 g/mol. The van der Waals surface area contributed by atoms with Gasteiger partial charge in [0, 0.05) is 13.2 Å². The molecule has 3 nitrogen and oxygen atoms in total. The lowest BCUT2D eigenvalue weighted by molar-refractivity contribution is -0.0970. The second kappa shape index (κ2) is 7.51. The molecular formula is C13H20F3NO2. The molecule has 0 aliphatic carbocycles. The summed E-state index contributed by atoms with van der Waals surface area (Å²) in [5.41, 5.74) is -1.98. The summed E-state index contributed by atoms with van der Waals surface area (Å²) in [7, 11) is 0. The van der Waals surface area contributed by atoms with Crippen LogP contribution in [-0.2, 0) is 9.47 Å². The first-order chi connectivity index (χ1) is 8.60. The van der Waals surface area contributed by atoms with Crippen molar-refractivity contribution in [1.29, 1.82) is 0 Å². The van der Waals surface area contributed by atoms with Crippen molar-refractivity contribution in [3.05, 3.63) is 0 Å². The molecular weight excluding hydrogens is 259 g/mol. The second-order valence-corrected chi connectivity index (χ2v) is 4.64. The van der Waals surface area contributed by atoms with E-state index in [4.69, 9.17) is 9.47 Å². The van der Waals surface area contributed by atoms with Crippen molar-refractivity contribution in [2.45, 2.75) is 52.6 Å². The Kier molecular flexibility index (Phi) is 7.09. The summed E-state index contributed by atoms with van der Waals surface area (Å²) in [6.07, 6.45) is -5.55. The molecule has 0 rings (SSSR count). The minimum Gasteiger partial charge on any atom is -0.342 e. The van der Waals surface area contributed by atoms with Crippen LogP contribution in [0.4, 0.5) is 13.2 Å². The Morgan fingerprint density at radius 2 is 1.58 bits per heavy atom. The zero-order chi connectivity index (χ0) is 15.1. The van der Waals surface area contributed by atoms with Gasteiger partial charge in [0.2, 0.25) is 6.29 Å². The van der Waals surface area contributed by atoms with Crippen molar-refractivity contribution >= 4 is 5.71 Å². The number of halogens is 3. The molecule has 0 aliphatic heterocycles. The molecule has 0 saturated carbocycles. The lowest BCUT2D eigenvalue weighted by Gasteiger charge is -2.15. The van der Waals surface area contributed by atoms with Crippen LogP contribution in [0.1, 0.15) is 34.6 Å². The van der Waals surface area contributed by atoms with E-state index in [9.17, 15) is 13.2 Å². The number of nitrogens with zero attached hydrogens (tertiary/aromatic N) is 1. The average molecular weight is 279 g/mol. The van der Waals surface area contributed by atoms with Gasteiger partial charge in [-0.15, -0.1) is 0 Å². The predicted molar refractivity (Wildman–Crippen MR) is 68.1 cm³/mol. The number of hydrogen-bond donors (Lipinski definition) is 0. The Morgan fingerprint density at radius 1 is 1.11 bits per heavy atom. The van der Waals surface area contributed by atoms with Gasteiger partial charge in [-0.3, -0.25) is 4.99 Å². The first-order valence-electron chi connectivity index (χ1n) is 6.02. The summed E-state index contributed by atoms with van der Waals surface area (Å²) < 4.78 is 48.4. The van der Waals surface area contributed by atoms with Crippen LogP contribution in [0.3, 0.4) is 0 Å². The molecule has 0 aromatic rings. The van der Waals surface area contributed by atoms with E-state index in [1.165, 1.54) is 0 Å². The van der Waals surface area contributed by atoms with Gasteiger partial charge in [0.25, 0.3) is 0 Å². The summed E-state index contributed by atoms with van der Waals surface area (Å²) in [6, 6.07) is 0. The fourth-order valence-electron chi connectivity index (χ4n) is 1.06. The van der Waals surface area contributed by atoms with E-state index in [1.807, 2.05) is 5.92 Å². The summed E-state index contributed by atoms with van der Waals surface area (Å²) in [6.45, 7) is 8.74. The molecule has 0 fully saturated rings. The molecule has 0 spiro atoms. The van der Waals surface area contributed by atoms with Crippen molar-refractivity contribution in [3.63, 3.8) is 0 Å². The highest BCUT2D eigenvalue weighted by molar-refractivity contribution is 6.04. The SMILES string of the molecule is CCOC(C#CC(=NC(C)(C)C)C(F)(F)F)OCC. The highest BCUT2D eigenvalue weighted by Crippen LogP contribution is 2.20. The summed E-state index contributed by atoms with van der Waals surface area (Å²) in [4.78, 5) is 3.58. The van der Waals surface area contributed by atoms with Gasteiger partial charge in [-0.05, 0) is 46.5 Å². The Balaban J connectivity index is 5.18. The largest absolute Gasteiger partial charge is 0.441 e. The van der Waals surface area contributed by atoms with Gasteiger partial charge in [-0.2, -0.15) is 13.2 Å². The molecule has 0 atom stereocenters. The normalized spacial score (nSPS) is 13.4. The third-order valence-corrected chi connectivity index (χ3v) is 1.66. The van der Waals surface area contributed by atoms with Gasteiger partial charge in [-0.1, -0.05) is 0 Å². The molecule has 0 aliphatic rings. The maximum atomic E-state index is 12.8. The Labute approximate surface area is 112 Å². The van der Waals surface area contributed by atoms with Gasteiger partial charge < -0.3 is 9.47 Å². The summed E-state index contributed by atoms with van der Waals surface area (Å²) in [5.74, 6) is 4.32. The van der Waals surface area contributed by atoms with E-state index in [2.05, 4.69) is 10.9 Å². The highest BCUT2D eigenvalue weighted by atomic mass is 19.4. The van der Waals surface area contributed by atoms with E-state index in [-0.39, 0.29) is 0 Å². The molecule has 19 heavy (non-hydrogen) atoms. The zero-order valence-electron chi connectivity index (χ0n) is 11.9. The van der Waals surface area contributed by atoms with Crippen LogP contribution in [-0.4, -0.2) is 36.9 Å². The number of alkyl halides is 3. The molecule has 0 amide bonds. The van der Waals surface area contributed by atoms with Crippen LogP contribution in [0.2, 0.25) is 0 Å². The quantitative estimate of drug-likeness (QED) is 0.449. The van der Waals surface area contributed by atoms with Gasteiger partial charge in [-0.25, -0.2) is 0 Å². The van der Waals surface area contributed by atoms with Gasteiger partial charge >= 0.3 is 6.18 Å². The fraction of sp³-hybridized carbons (Fsp3) is 0.769. The molecule has 0 saturated heterocycles. The van der Waals surface area contributed by atoms with E-state index in [1.54, 1.807) is 34.6 Å². The van der Waals surface area contributed by atoms with Crippen molar-refractivity contribution in [1.82, 2.24) is 0 Å². The summed E-state index contributed by atoms with van der Waals surface area (Å²) in [5, 5.41) is 0. The average Bonchev–Trinajstić information content (AvgIpc) is 2.21. The van der Waals surface area contributed by atoms with Crippen molar-refractivity contribution in [3.8, 4) is 11.8 Å². The van der Waals surface area contributed by atoms with Crippen LogP contribution >= 0.6 is 0 Å².